The molecule has 1 aromatic rings. The van der Waals surface area contributed by atoms with Gasteiger partial charge < -0.3 is 20.1 Å². The van der Waals surface area contributed by atoms with Crippen LogP contribution >= 0.6 is 0 Å². The Balaban J connectivity index is 1.57. The largest absolute Gasteiger partial charge is 0.486 e. The molecule has 1 atom stereocenters. The number of nitrogens with zero attached hydrogens (tertiary/aromatic N) is 1. The zero-order valence-corrected chi connectivity index (χ0v) is 12.9. The van der Waals surface area contributed by atoms with E-state index in [9.17, 15) is 0 Å². The van der Waals surface area contributed by atoms with Crippen molar-refractivity contribution in [3.8, 4) is 11.5 Å². The van der Waals surface area contributed by atoms with Gasteiger partial charge in [0, 0.05) is 19.1 Å². The normalized spacial score (nSPS) is 20.0. The highest BCUT2D eigenvalue weighted by Gasteiger charge is 2.19. The predicted octanol–water partition coefficient (Wildman–Crippen LogP) is 2.58. The molecular weight excluding hydrogens is 264 g/mol. The monoisotopic (exact) mass is 290 g/mol. The first-order valence-electron chi connectivity index (χ1n) is 8.06. The van der Waals surface area contributed by atoms with Gasteiger partial charge in [-0.05, 0) is 43.5 Å². The van der Waals surface area contributed by atoms with Gasteiger partial charge >= 0.3 is 0 Å². The van der Waals surface area contributed by atoms with Crippen molar-refractivity contribution >= 4 is 0 Å². The summed E-state index contributed by atoms with van der Waals surface area (Å²) in [6, 6.07) is 6.08. The van der Waals surface area contributed by atoms with Crippen LogP contribution in [0.25, 0.3) is 0 Å². The molecular formula is C17H26N2O2. The van der Waals surface area contributed by atoms with E-state index in [1.807, 2.05) is 12.1 Å². The standard InChI is InChI=1S/C17H26N2O2/c1-19(11-13-4-2-3-5-13)12-15(18)14-6-7-16-17(10-14)21-9-8-20-16/h6-7,10,13,15H,2-5,8-9,11-12,18H2,1H3. The highest BCUT2D eigenvalue weighted by atomic mass is 16.6. The number of hydrogen-bond acceptors (Lipinski definition) is 4. The SMILES string of the molecule is CN(CC1CCCC1)CC(N)c1ccc2c(c1)OCCO2. The number of fused-ring (bicyclic) bond motifs is 1. The first-order valence-corrected chi connectivity index (χ1v) is 8.06. The Morgan fingerprint density at radius 2 is 1.90 bits per heavy atom. The van der Waals surface area contributed by atoms with Crippen LogP contribution in [-0.4, -0.2) is 38.3 Å². The fourth-order valence-electron chi connectivity index (χ4n) is 3.44. The van der Waals surface area contributed by atoms with Crippen molar-refractivity contribution < 1.29 is 9.47 Å². The molecule has 0 bridgehead atoms. The van der Waals surface area contributed by atoms with E-state index in [0.29, 0.717) is 13.2 Å². The minimum atomic E-state index is 0.0206. The van der Waals surface area contributed by atoms with Crippen LogP contribution in [0.4, 0.5) is 0 Å². The van der Waals surface area contributed by atoms with Gasteiger partial charge in [-0.1, -0.05) is 18.9 Å². The Labute approximate surface area is 127 Å². The van der Waals surface area contributed by atoms with Crippen molar-refractivity contribution in [2.75, 3.05) is 33.4 Å². The Kier molecular flexibility index (Phi) is 4.66. The van der Waals surface area contributed by atoms with Gasteiger partial charge in [0.1, 0.15) is 13.2 Å². The summed E-state index contributed by atoms with van der Waals surface area (Å²) in [5, 5.41) is 0. The summed E-state index contributed by atoms with van der Waals surface area (Å²) in [6.45, 7) is 3.30. The van der Waals surface area contributed by atoms with Crippen LogP contribution < -0.4 is 15.2 Å². The molecule has 2 aliphatic rings. The average Bonchev–Trinajstić information content (AvgIpc) is 2.99. The summed E-state index contributed by atoms with van der Waals surface area (Å²) in [4.78, 5) is 2.37. The van der Waals surface area contributed by atoms with E-state index < -0.39 is 0 Å². The molecule has 0 spiro atoms. The van der Waals surface area contributed by atoms with Crippen LogP contribution in [0.3, 0.4) is 0 Å². The van der Waals surface area contributed by atoms with Crippen molar-refractivity contribution in [2.45, 2.75) is 31.7 Å². The Bertz CT molecular complexity index is 472. The van der Waals surface area contributed by atoms with Gasteiger partial charge in [-0.3, -0.25) is 0 Å². The lowest BCUT2D eigenvalue weighted by Gasteiger charge is -2.25. The van der Waals surface area contributed by atoms with Gasteiger partial charge in [0.25, 0.3) is 0 Å². The summed E-state index contributed by atoms with van der Waals surface area (Å²) in [5.41, 5.74) is 7.49. The minimum absolute atomic E-state index is 0.0206. The van der Waals surface area contributed by atoms with Gasteiger partial charge in [-0.2, -0.15) is 0 Å². The fraction of sp³-hybridized carbons (Fsp3) is 0.647. The molecule has 4 heteroatoms. The smallest absolute Gasteiger partial charge is 0.161 e. The molecule has 116 valence electrons. The van der Waals surface area contributed by atoms with Crippen molar-refractivity contribution in [3.05, 3.63) is 23.8 Å². The third-order valence-corrected chi connectivity index (χ3v) is 4.55. The number of hydrogen-bond donors (Lipinski definition) is 1. The molecule has 0 radical (unpaired) electrons. The van der Waals surface area contributed by atoms with Gasteiger partial charge in [0.15, 0.2) is 11.5 Å². The summed E-state index contributed by atoms with van der Waals surface area (Å²) >= 11 is 0. The van der Waals surface area contributed by atoms with Crippen LogP contribution in [-0.2, 0) is 0 Å². The average molecular weight is 290 g/mol. The second kappa shape index (κ2) is 6.67. The zero-order chi connectivity index (χ0) is 14.7. The number of nitrogens with two attached hydrogens (primary N) is 1. The van der Waals surface area contributed by atoms with Gasteiger partial charge in [0.2, 0.25) is 0 Å². The predicted molar refractivity (Wildman–Crippen MR) is 83.8 cm³/mol. The highest BCUT2D eigenvalue weighted by Crippen LogP contribution is 2.32. The van der Waals surface area contributed by atoms with Crippen molar-refractivity contribution in [2.24, 2.45) is 11.7 Å². The molecule has 21 heavy (non-hydrogen) atoms. The number of rotatable bonds is 5. The summed E-state index contributed by atoms with van der Waals surface area (Å²) in [6.07, 6.45) is 5.55. The van der Waals surface area contributed by atoms with E-state index in [1.165, 1.54) is 25.7 Å². The second-order valence-electron chi connectivity index (χ2n) is 6.38. The number of ether oxygens (including phenoxy) is 2. The molecule has 1 fully saturated rings. The lowest BCUT2D eigenvalue weighted by molar-refractivity contribution is 0.171. The fourth-order valence-corrected chi connectivity index (χ4v) is 3.44. The lowest BCUT2D eigenvalue weighted by atomic mass is 10.0. The molecule has 1 saturated carbocycles. The van der Waals surface area contributed by atoms with Crippen LogP contribution in [0.1, 0.15) is 37.3 Å². The molecule has 0 saturated heterocycles. The van der Waals surface area contributed by atoms with E-state index in [0.717, 1.165) is 36.1 Å². The van der Waals surface area contributed by atoms with Gasteiger partial charge in [-0.25, -0.2) is 0 Å². The van der Waals surface area contributed by atoms with Crippen molar-refractivity contribution in [1.29, 1.82) is 0 Å². The third-order valence-electron chi connectivity index (χ3n) is 4.55. The van der Waals surface area contributed by atoms with E-state index in [1.54, 1.807) is 0 Å². The molecule has 1 unspecified atom stereocenters. The topological polar surface area (TPSA) is 47.7 Å². The molecule has 1 aliphatic heterocycles. The zero-order valence-electron chi connectivity index (χ0n) is 12.9. The Morgan fingerprint density at radius 1 is 1.19 bits per heavy atom. The van der Waals surface area contributed by atoms with Gasteiger partial charge in [0.05, 0.1) is 0 Å². The maximum Gasteiger partial charge on any atom is 0.161 e. The lowest BCUT2D eigenvalue weighted by Crippen LogP contribution is -2.32. The Morgan fingerprint density at radius 3 is 2.67 bits per heavy atom. The van der Waals surface area contributed by atoms with Crippen LogP contribution in [0.5, 0.6) is 11.5 Å². The van der Waals surface area contributed by atoms with E-state index >= 15 is 0 Å². The van der Waals surface area contributed by atoms with Crippen molar-refractivity contribution in [3.63, 3.8) is 0 Å². The number of benzene rings is 1. The van der Waals surface area contributed by atoms with Crippen LogP contribution in [0.15, 0.2) is 18.2 Å². The molecule has 1 heterocycles. The second-order valence-corrected chi connectivity index (χ2v) is 6.38. The molecule has 1 aromatic carbocycles. The van der Waals surface area contributed by atoms with E-state index in [2.05, 4.69) is 18.0 Å². The maximum atomic E-state index is 6.37. The molecule has 0 aromatic heterocycles. The van der Waals surface area contributed by atoms with Crippen molar-refractivity contribution in [1.82, 2.24) is 4.90 Å². The molecule has 2 N–H and O–H groups in total. The summed E-state index contributed by atoms with van der Waals surface area (Å²) in [5.74, 6) is 2.52. The van der Waals surface area contributed by atoms with Crippen LogP contribution in [0, 0.1) is 5.92 Å². The molecule has 3 rings (SSSR count). The molecule has 4 nitrogen and oxygen atoms in total. The van der Waals surface area contributed by atoms with E-state index in [4.69, 9.17) is 15.2 Å². The maximum absolute atomic E-state index is 6.37. The summed E-state index contributed by atoms with van der Waals surface area (Å²) < 4.78 is 11.2. The number of likely N-dealkylation sites (N-methyl/N-ethyl adjacent to an activating group) is 1. The first-order chi connectivity index (χ1) is 10.2. The van der Waals surface area contributed by atoms with Gasteiger partial charge in [-0.15, -0.1) is 0 Å². The van der Waals surface area contributed by atoms with E-state index in [-0.39, 0.29) is 6.04 Å². The third kappa shape index (κ3) is 3.69. The quantitative estimate of drug-likeness (QED) is 0.905. The summed E-state index contributed by atoms with van der Waals surface area (Å²) in [7, 11) is 2.18. The highest BCUT2D eigenvalue weighted by molar-refractivity contribution is 5.44. The Hall–Kier alpha value is -1.26. The first kappa shape index (κ1) is 14.7. The molecule has 1 aliphatic carbocycles. The molecule has 0 amide bonds. The minimum Gasteiger partial charge on any atom is -0.486 e. The van der Waals surface area contributed by atoms with Crippen LogP contribution in [0.2, 0.25) is 0 Å².